The van der Waals surface area contributed by atoms with Crippen LogP contribution in [-0.2, 0) is 12.8 Å². The van der Waals surface area contributed by atoms with Gasteiger partial charge in [-0.25, -0.2) is 4.68 Å². The van der Waals surface area contributed by atoms with Crippen molar-refractivity contribution < 1.29 is 4.79 Å². The Bertz CT molecular complexity index is 856. The van der Waals surface area contributed by atoms with Crippen molar-refractivity contribution in [2.75, 3.05) is 13.1 Å². The maximum Gasteiger partial charge on any atom is 0.274 e. The summed E-state index contributed by atoms with van der Waals surface area (Å²) in [7, 11) is 0. The molecule has 2 saturated heterocycles. The molecule has 1 aromatic carbocycles. The van der Waals surface area contributed by atoms with Gasteiger partial charge in [-0.2, -0.15) is 5.10 Å². The van der Waals surface area contributed by atoms with Gasteiger partial charge in [0.25, 0.3) is 5.91 Å². The van der Waals surface area contributed by atoms with Gasteiger partial charge >= 0.3 is 0 Å². The lowest BCUT2D eigenvalue weighted by molar-refractivity contribution is 0.0740. The van der Waals surface area contributed by atoms with E-state index in [1.165, 1.54) is 29.7 Å². The third-order valence-corrected chi connectivity index (χ3v) is 6.29. The first kappa shape index (κ1) is 16.1. The number of aromatic nitrogens is 2. The smallest absolute Gasteiger partial charge is 0.274 e. The number of hydrogen-bond donors (Lipinski definition) is 1. The van der Waals surface area contributed by atoms with Crippen molar-refractivity contribution in [1.82, 2.24) is 20.0 Å². The zero-order valence-electron chi connectivity index (χ0n) is 15.4. The third-order valence-electron chi connectivity index (χ3n) is 6.29. The van der Waals surface area contributed by atoms with Gasteiger partial charge in [0.2, 0.25) is 0 Å². The lowest BCUT2D eigenvalue weighted by Gasteiger charge is -2.23. The van der Waals surface area contributed by atoms with Crippen molar-refractivity contribution in [2.45, 2.75) is 57.5 Å². The van der Waals surface area contributed by atoms with E-state index in [1.54, 1.807) is 0 Å². The van der Waals surface area contributed by atoms with Crippen molar-refractivity contribution in [1.29, 1.82) is 0 Å². The number of benzene rings is 1. The van der Waals surface area contributed by atoms with Gasteiger partial charge in [-0.05, 0) is 57.1 Å². The highest BCUT2D eigenvalue weighted by atomic mass is 16.2. The number of likely N-dealkylation sites (tertiary alicyclic amines) is 1. The number of amides is 1. The van der Waals surface area contributed by atoms with Gasteiger partial charge in [0, 0.05) is 36.4 Å². The van der Waals surface area contributed by atoms with Crippen LogP contribution in [0, 0.1) is 6.92 Å². The summed E-state index contributed by atoms with van der Waals surface area (Å²) in [6.07, 6.45) is 6.60. The van der Waals surface area contributed by atoms with Gasteiger partial charge in [-0.15, -0.1) is 0 Å². The molecule has 0 radical (unpaired) electrons. The minimum Gasteiger partial charge on any atom is -0.336 e. The van der Waals surface area contributed by atoms with Crippen molar-refractivity contribution in [3.05, 3.63) is 46.8 Å². The molecule has 1 amide bonds. The number of carbonyl (C=O) groups is 1. The lowest BCUT2D eigenvalue weighted by atomic mass is 10.1. The first-order valence-corrected chi connectivity index (χ1v) is 9.93. The maximum absolute atomic E-state index is 13.3. The molecule has 26 heavy (non-hydrogen) atoms. The lowest BCUT2D eigenvalue weighted by Crippen LogP contribution is -2.39. The molecular formula is C21H26N4O. The monoisotopic (exact) mass is 350 g/mol. The molecule has 2 fully saturated rings. The van der Waals surface area contributed by atoms with Gasteiger partial charge in [-0.3, -0.25) is 4.79 Å². The largest absolute Gasteiger partial charge is 0.336 e. The Balaban J connectivity index is 1.51. The van der Waals surface area contributed by atoms with Crippen LogP contribution in [0.15, 0.2) is 24.3 Å². The first-order valence-electron chi connectivity index (χ1n) is 9.93. The van der Waals surface area contributed by atoms with Crippen LogP contribution < -0.4 is 5.32 Å². The van der Waals surface area contributed by atoms with E-state index in [-0.39, 0.29) is 5.91 Å². The Labute approximate surface area is 154 Å². The molecule has 136 valence electrons. The summed E-state index contributed by atoms with van der Waals surface area (Å²) >= 11 is 0. The normalized spacial score (nSPS) is 24.6. The molecule has 5 nitrogen and oxygen atoms in total. The highest BCUT2D eigenvalue weighted by Crippen LogP contribution is 2.30. The van der Waals surface area contributed by atoms with Crippen LogP contribution in [-0.4, -0.2) is 45.8 Å². The fraction of sp³-hybridized carbons (Fsp3) is 0.524. The predicted molar refractivity (Wildman–Crippen MR) is 101 cm³/mol. The molecule has 2 unspecified atom stereocenters. The Morgan fingerprint density at radius 3 is 2.88 bits per heavy atom. The second-order valence-corrected chi connectivity index (χ2v) is 8.00. The second-order valence-electron chi connectivity index (χ2n) is 8.00. The van der Waals surface area contributed by atoms with Gasteiger partial charge in [-0.1, -0.05) is 18.2 Å². The van der Waals surface area contributed by atoms with Crippen LogP contribution in [0.3, 0.4) is 0 Å². The Morgan fingerprint density at radius 1 is 1.15 bits per heavy atom. The number of hydrogen-bond acceptors (Lipinski definition) is 3. The zero-order chi connectivity index (χ0) is 17.7. The van der Waals surface area contributed by atoms with Crippen molar-refractivity contribution in [3.8, 4) is 5.69 Å². The maximum atomic E-state index is 13.3. The Morgan fingerprint density at radius 2 is 2.00 bits per heavy atom. The van der Waals surface area contributed by atoms with E-state index in [4.69, 9.17) is 5.10 Å². The summed E-state index contributed by atoms with van der Waals surface area (Å²) in [6, 6.07) is 9.35. The van der Waals surface area contributed by atoms with Crippen LogP contribution in [0.4, 0.5) is 0 Å². The topological polar surface area (TPSA) is 50.2 Å². The third kappa shape index (κ3) is 2.57. The molecule has 0 spiro atoms. The molecule has 0 saturated carbocycles. The standard InChI is InChI=1S/C21H26N4O/c1-14-5-2-3-7-18(14)25-19-8-4-6-17(19)20(23-25)21(26)24-12-11-15-9-10-16(13-24)22-15/h2-3,5,7,15-16,22H,4,6,8-13H2,1H3. The molecular weight excluding hydrogens is 324 g/mol. The van der Waals surface area contributed by atoms with Crippen LogP contribution in [0.25, 0.3) is 5.69 Å². The van der Waals surface area contributed by atoms with Crippen molar-refractivity contribution in [2.24, 2.45) is 0 Å². The molecule has 1 N–H and O–H groups in total. The van der Waals surface area contributed by atoms with Gasteiger partial charge in [0.1, 0.15) is 0 Å². The number of nitrogens with one attached hydrogen (secondary N) is 1. The van der Waals surface area contributed by atoms with Crippen LogP contribution in [0.1, 0.15) is 53.0 Å². The fourth-order valence-electron chi connectivity index (χ4n) is 4.89. The number of carbonyl (C=O) groups excluding carboxylic acids is 1. The number of para-hydroxylation sites is 1. The van der Waals surface area contributed by atoms with Crippen LogP contribution in [0.2, 0.25) is 0 Å². The second kappa shape index (κ2) is 6.23. The molecule has 1 aliphatic carbocycles. The van der Waals surface area contributed by atoms with Gasteiger partial charge < -0.3 is 10.2 Å². The Hall–Kier alpha value is -2.14. The summed E-state index contributed by atoms with van der Waals surface area (Å²) in [5, 5.41) is 8.50. The molecule has 2 aromatic rings. The molecule has 2 aliphatic heterocycles. The highest BCUT2D eigenvalue weighted by Gasteiger charge is 2.34. The van der Waals surface area contributed by atoms with E-state index in [9.17, 15) is 4.79 Å². The summed E-state index contributed by atoms with van der Waals surface area (Å²) in [6.45, 7) is 3.78. The predicted octanol–water partition coefficient (Wildman–Crippen LogP) is 2.64. The average Bonchev–Trinajstić information content (AvgIpc) is 3.30. The molecule has 5 rings (SSSR count). The fourth-order valence-corrected chi connectivity index (χ4v) is 4.89. The number of fused-ring (bicyclic) bond motifs is 3. The van der Waals surface area contributed by atoms with Crippen molar-refractivity contribution in [3.63, 3.8) is 0 Å². The van der Waals surface area contributed by atoms with Crippen LogP contribution in [0.5, 0.6) is 0 Å². The number of rotatable bonds is 2. The first-order chi connectivity index (χ1) is 12.7. The summed E-state index contributed by atoms with van der Waals surface area (Å²) in [4.78, 5) is 15.4. The van der Waals surface area contributed by atoms with E-state index in [1.807, 2.05) is 21.7 Å². The minimum atomic E-state index is 0.129. The van der Waals surface area contributed by atoms with E-state index in [0.29, 0.717) is 17.8 Å². The molecule has 1 aromatic heterocycles. The van der Waals surface area contributed by atoms with E-state index < -0.39 is 0 Å². The van der Waals surface area contributed by atoms with Gasteiger partial charge in [0.05, 0.1) is 5.69 Å². The summed E-state index contributed by atoms with van der Waals surface area (Å²) < 4.78 is 2.03. The molecule has 2 atom stereocenters. The van der Waals surface area contributed by atoms with Crippen molar-refractivity contribution >= 4 is 5.91 Å². The zero-order valence-corrected chi connectivity index (χ0v) is 15.4. The summed E-state index contributed by atoms with van der Waals surface area (Å²) in [5.41, 5.74) is 5.40. The molecule has 2 bridgehead atoms. The number of nitrogens with zero attached hydrogens (tertiary/aromatic N) is 3. The molecule has 3 aliphatic rings. The van der Waals surface area contributed by atoms with E-state index in [2.05, 4.69) is 24.4 Å². The Kier molecular flexibility index (Phi) is 3.85. The van der Waals surface area contributed by atoms with E-state index >= 15 is 0 Å². The quantitative estimate of drug-likeness (QED) is 0.906. The number of aryl methyl sites for hydroxylation is 1. The molecule has 5 heteroatoms. The average molecular weight is 350 g/mol. The molecule has 3 heterocycles. The summed E-state index contributed by atoms with van der Waals surface area (Å²) in [5.74, 6) is 0.129. The van der Waals surface area contributed by atoms with E-state index in [0.717, 1.165) is 44.5 Å². The van der Waals surface area contributed by atoms with Crippen LogP contribution >= 0.6 is 0 Å². The minimum absolute atomic E-state index is 0.129. The highest BCUT2D eigenvalue weighted by molar-refractivity contribution is 5.94. The SMILES string of the molecule is Cc1ccccc1-n1nc(C(=O)N2CCC3CCC(C2)N3)c2c1CCC2. The van der Waals surface area contributed by atoms with Gasteiger partial charge in [0.15, 0.2) is 5.69 Å².